The Morgan fingerprint density at radius 3 is 2.65 bits per heavy atom. The number of rotatable bonds is 4. The van der Waals surface area contributed by atoms with Gasteiger partial charge in [-0.25, -0.2) is 4.79 Å². The highest BCUT2D eigenvalue weighted by molar-refractivity contribution is 5.75. The fourth-order valence-corrected chi connectivity index (χ4v) is 2.74. The minimum atomic E-state index is -0.0208. The van der Waals surface area contributed by atoms with Gasteiger partial charge in [-0.05, 0) is 25.8 Å². The molecule has 4 nitrogen and oxygen atoms in total. The summed E-state index contributed by atoms with van der Waals surface area (Å²) in [7, 11) is 3.49. The fraction of sp³-hybridized carbons (Fsp3) is 0.562. The molecule has 1 aromatic carbocycles. The maximum atomic E-state index is 12.3. The van der Waals surface area contributed by atoms with Crippen LogP contribution in [0.15, 0.2) is 24.3 Å². The molecule has 1 N–H and O–H groups in total. The molecule has 0 saturated heterocycles. The molecule has 0 unspecified atom stereocenters. The van der Waals surface area contributed by atoms with E-state index in [9.17, 15) is 4.79 Å². The third kappa shape index (κ3) is 3.24. The Bertz CT molecular complexity index is 456. The summed E-state index contributed by atoms with van der Waals surface area (Å²) in [5.74, 6) is 0.820. The Kier molecular flexibility index (Phi) is 4.88. The molecule has 1 atom stereocenters. The number of amides is 2. The van der Waals surface area contributed by atoms with E-state index in [4.69, 9.17) is 4.74 Å². The van der Waals surface area contributed by atoms with E-state index < -0.39 is 0 Å². The summed E-state index contributed by atoms with van der Waals surface area (Å²) in [5, 5.41) is 3.11. The number of methoxy groups -OCH3 is 1. The molecule has 1 aromatic rings. The maximum Gasteiger partial charge on any atom is 0.317 e. The lowest BCUT2D eigenvalue weighted by Gasteiger charge is -2.28. The highest BCUT2D eigenvalue weighted by Crippen LogP contribution is 2.28. The second-order valence-electron chi connectivity index (χ2n) is 5.46. The average Bonchev–Trinajstić information content (AvgIpc) is 2.98. The van der Waals surface area contributed by atoms with Crippen molar-refractivity contribution in [3.8, 4) is 5.75 Å². The van der Waals surface area contributed by atoms with Crippen molar-refractivity contribution in [3.63, 3.8) is 0 Å². The van der Waals surface area contributed by atoms with E-state index in [1.54, 1.807) is 12.0 Å². The average molecular weight is 276 g/mol. The van der Waals surface area contributed by atoms with Crippen LogP contribution in [0.4, 0.5) is 4.79 Å². The summed E-state index contributed by atoms with van der Waals surface area (Å²) in [6.07, 6.45) is 4.64. The van der Waals surface area contributed by atoms with E-state index in [2.05, 4.69) is 5.32 Å². The minimum absolute atomic E-state index is 0.00435. The van der Waals surface area contributed by atoms with Gasteiger partial charge in [-0.15, -0.1) is 0 Å². The predicted molar refractivity (Wildman–Crippen MR) is 80.0 cm³/mol. The second-order valence-corrected chi connectivity index (χ2v) is 5.46. The highest BCUT2D eigenvalue weighted by Gasteiger charge is 2.23. The van der Waals surface area contributed by atoms with Crippen molar-refractivity contribution in [2.45, 2.75) is 44.7 Å². The van der Waals surface area contributed by atoms with Crippen LogP contribution in [0.3, 0.4) is 0 Å². The first-order valence-corrected chi connectivity index (χ1v) is 7.29. The number of hydrogen-bond donors (Lipinski definition) is 1. The summed E-state index contributed by atoms with van der Waals surface area (Å²) < 4.78 is 5.37. The number of nitrogens with zero attached hydrogens (tertiary/aromatic N) is 1. The van der Waals surface area contributed by atoms with E-state index in [1.807, 2.05) is 38.2 Å². The zero-order valence-electron chi connectivity index (χ0n) is 12.6. The molecule has 0 aliphatic heterocycles. The fourth-order valence-electron chi connectivity index (χ4n) is 2.74. The van der Waals surface area contributed by atoms with Crippen LogP contribution in [-0.4, -0.2) is 31.1 Å². The Morgan fingerprint density at radius 1 is 1.35 bits per heavy atom. The van der Waals surface area contributed by atoms with Crippen molar-refractivity contribution in [3.05, 3.63) is 29.8 Å². The number of urea groups is 1. The quantitative estimate of drug-likeness (QED) is 0.916. The number of carbonyl (C=O) groups excluding carboxylic acids is 1. The van der Waals surface area contributed by atoms with Crippen LogP contribution < -0.4 is 10.1 Å². The Morgan fingerprint density at radius 2 is 2.00 bits per heavy atom. The Balaban J connectivity index is 2.03. The van der Waals surface area contributed by atoms with Crippen LogP contribution in [-0.2, 0) is 0 Å². The van der Waals surface area contributed by atoms with Gasteiger partial charge in [0.1, 0.15) is 5.75 Å². The van der Waals surface area contributed by atoms with E-state index in [0.29, 0.717) is 6.04 Å². The van der Waals surface area contributed by atoms with Crippen LogP contribution in [0, 0.1) is 0 Å². The van der Waals surface area contributed by atoms with Gasteiger partial charge in [0.15, 0.2) is 0 Å². The Labute approximate surface area is 121 Å². The predicted octanol–water partition coefficient (Wildman–Crippen LogP) is 3.34. The zero-order chi connectivity index (χ0) is 14.5. The first-order valence-electron chi connectivity index (χ1n) is 7.29. The van der Waals surface area contributed by atoms with Crippen molar-refractivity contribution in [2.75, 3.05) is 14.2 Å². The van der Waals surface area contributed by atoms with Gasteiger partial charge in [-0.3, -0.25) is 0 Å². The molecule has 4 heteroatoms. The molecule has 1 aliphatic rings. The lowest BCUT2D eigenvalue weighted by Crippen LogP contribution is -2.43. The summed E-state index contributed by atoms with van der Waals surface area (Å²) in [6.45, 7) is 2.02. The summed E-state index contributed by atoms with van der Waals surface area (Å²) >= 11 is 0. The number of benzene rings is 1. The van der Waals surface area contributed by atoms with Gasteiger partial charge >= 0.3 is 6.03 Å². The molecule has 1 fully saturated rings. The van der Waals surface area contributed by atoms with Crippen molar-refractivity contribution < 1.29 is 9.53 Å². The van der Waals surface area contributed by atoms with Gasteiger partial charge in [0, 0.05) is 18.7 Å². The van der Waals surface area contributed by atoms with E-state index in [-0.39, 0.29) is 12.1 Å². The molecule has 0 radical (unpaired) electrons. The summed E-state index contributed by atoms with van der Waals surface area (Å²) in [5.41, 5.74) is 1.03. The van der Waals surface area contributed by atoms with Crippen LogP contribution >= 0.6 is 0 Å². The van der Waals surface area contributed by atoms with Crippen molar-refractivity contribution in [1.29, 1.82) is 0 Å². The molecule has 1 saturated carbocycles. The number of carbonyl (C=O) groups is 1. The molecule has 20 heavy (non-hydrogen) atoms. The van der Waals surface area contributed by atoms with Crippen LogP contribution in [0.5, 0.6) is 5.75 Å². The topological polar surface area (TPSA) is 41.6 Å². The van der Waals surface area contributed by atoms with Gasteiger partial charge in [-0.2, -0.15) is 0 Å². The Hall–Kier alpha value is -1.71. The molecule has 0 aromatic heterocycles. The molecule has 2 amide bonds. The van der Waals surface area contributed by atoms with Gasteiger partial charge in [0.2, 0.25) is 0 Å². The monoisotopic (exact) mass is 276 g/mol. The van der Waals surface area contributed by atoms with Gasteiger partial charge in [0.25, 0.3) is 0 Å². The third-order valence-electron chi connectivity index (χ3n) is 4.17. The molecule has 0 spiro atoms. The summed E-state index contributed by atoms with van der Waals surface area (Å²) in [6, 6.07) is 8.15. The zero-order valence-corrected chi connectivity index (χ0v) is 12.6. The number of nitrogens with one attached hydrogen (secondary N) is 1. The molecule has 2 rings (SSSR count). The lowest BCUT2D eigenvalue weighted by molar-refractivity contribution is 0.189. The highest BCUT2D eigenvalue weighted by atomic mass is 16.5. The molecule has 0 heterocycles. The number of hydrogen-bond acceptors (Lipinski definition) is 2. The first kappa shape index (κ1) is 14.7. The van der Waals surface area contributed by atoms with E-state index >= 15 is 0 Å². The number of ether oxygens (including phenoxy) is 1. The normalized spacial score (nSPS) is 16.8. The van der Waals surface area contributed by atoms with E-state index in [0.717, 1.165) is 24.2 Å². The standard InChI is InChI=1S/C16H24N2O2/c1-12(14-10-6-7-11-15(14)20-3)18(2)16(19)17-13-8-4-5-9-13/h6-7,10-13H,4-5,8-9H2,1-3H3,(H,17,19)/t12-/m1/s1. The van der Waals surface area contributed by atoms with Crippen molar-refractivity contribution in [2.24, 2.45) is 0 Å². The molecular formula is C16H24N2O2. The molecular weight excluding hydrogens is 252 g/mol. The second kappa shape index (κ2) is 6.64. The van der Waals surface area contributed by atoms with Crippen molar-refractivity contribution >= 4 is 6.03 Å². The SMILES string of the molecule is COc1ccccc1[C@@H](C)N(C)C(=O)NC1CCCC1. The van der Waals surface area contributed by atoms with Crippen LogP contribution in [0.25, 0.3) is 0 Å². The minimum Gasteiger partial charge on any atom is -0.496 e. The molecule has 110 valence electrons. The van der Waals surface area contributed by atoms with Gasteiger partial charge in [-0.1, -0.05) is 31.0 Å². The first-order chi connectivity index (χ1) is 9.63. The smallest absolute Gasteiger partial charge is 0.317 e. The van der Waals surface area contributed by atoms with Gasteiger partial charge in [0.05, 0.1) is 13.2 Å². The lowest BCUT2D eigenvalue weighted by atomic mass is 10.1. The molecule has 1 aliphatic carbocycles. The van der Waals surface area contributed by atoms with Crippen LogP contribution in [0.2, 0.25) is 0 Å². The maximum absolute atomic E-state index is 12.3. The summed E-state index contributed by atoms with van der Waals surface area (Å²) in [4.78, 5) is 14.0. The van der Waals surface area contributed by atoms with E-state index in [1.165, 1.54) is 12.8 Å². The largest absolute Gasteiger partial charge is 0.496 e. The van der Waals surface area contributed by atoms with Crippen molar-refractivity contribution in [1.82, 2.24) is 10.2 Å². The van der Waals surface area contributed by atoms with Crippen LogP contribution in [0.1, 0.15) is 44.2 Å². The van der Waals surface area contributed by atoms with Gasteiger partial charge < -0.3 is 15.0 Å². The third-order valence-corrected chi connectivity index (χ3v) is 4.17. The molecule has 0 bridgehead atoms. The number of para-hydroxylation sites is 1.